The molecule has 10 aromatic rings. The van der Waals surface area contributed by atoms with Gasteiger partial charge in [-0.2, -0.15) is 0 Å². The molecule has 12 rings (SSSR count). The Morgan fingerprint density at radius 1 is 0.392 bits per heavy atom. The van der Waals surface area contributed by atoms with Crippen LogP contribution in [0.3, 0.4) is 0 Å². The van der Waals surface area contributed by atoms with Crippen LogP contribution >= 0.6 is 0 Å². The van der Waals surface area contributed by atoms with E-state index in [0.29, 0.717) is 0 Å². The van der Waals surface area contributed by atoms with Crippen LogP contribution < -0.4 is 31.5 Å². The average molecular weight is 1090 g/mol. The number of hydrogen-bond acceptors (Lipinski definition) is 4. The number of allylic oxidation sites excluding steroid dienone is 2. The van der Waals surface area contributed by atoms with Crippen LogP contribution in [0.1, 0.15) is 139 Å². The summed E-state index contributed by atoms with van der Waals surface area (Å²) in [6, 6.07) is 39.0. The Balaban J connectivity index is 0.000000176. The Kier molecular flexibility index (Phi) is 13.7. The Bertz CT molecular complexity index is 4430. The van der Waals surface area contributed by atoms with Crippen LogP contribution in [-0.2, 0) is 27.9 Å². The number of fused-ring (bicyclic) bond motifs is 8. The van der Waals surface area contributed by atoms with Gasteiger partial charge in [0.1, 0.15) is 21.9 Å². The molecule has 0 unspecified atom stereocenters. The van der Waals surface area contributed by atoms with Crippen molar-refractivity contribution in [2.75, 3.05) is 0 Å². The van der Waals surface area contributed by atoms with Crippen molar-refractivity contribution in [3.05, 3.63) is 198 Å². The van der Waals surface area contributed by atoms with Crippen molar-refractivity contribution in [3.8, 4) is 22.5 Å². The molecule has 0 spiro atoms. The number of furan rings is 2. The van der Waals surface area contributed by atoms with Gasteiger partial charge in [0.15, 0.2) is 10.8 Å². The molecule has 0 saturated heterocycles. The Labute approximate surface area is 476 Å². The van der Waals surface area contributed by atoms with Gasteiger partial charge in [0.05, 0.1) is 11.4 Å². The first-order chi connectivity index (χ1) is 36.6. The summed E-state index contributed by atoms with van der Waals surface area (Å²) >= 11 is 0. The van der Waals surface area contributed by atoms with Gasteiger partial charge in [-0.3, -0.25) is 0 Å². The van der Waals surface area contributed by atoms with Crippen LogP contribution in [0, 0.1) is 52.4 Å². The fourth-order valence-electron chi connectivity index (χ4n) is 11.9. The van der Waals surface area contributed by atoms with Crippen molar-refractivity contribution in [2.45, 2.75) is 135 Å². The maximum atomic E-state index is 6.38. The molecule has 0 saturated carbocycles. The number of aromatic nitrogens is 2. The van der Waals surface area contributed by atoms with Crippen molar-refractivity contribution in [1.82, 2.24) is 9.97 Å². The summed E-state index contributed by atoms with van der Waals surface area (Å²) in [4.78, 5) is 21.0. The maximum absolute atomic E-state index is 6.38. The molecule has 6 aromatic carbocycles. The van der Waals surface area contributed by atoms with E-state index in [4.69, 9.17) is 28.8 Å². The third-order valence-electron chi connectivity index (χ3n) is 15.8. The number of para-hydroxylation sites is 2. The molecule has 2 aliphatic heterocycles. The number of rotatable bonds is 4. The Hall–Kier alpha value is -7.18. The third-order valence-corrected chi connectivity index (χ3v) is 15.8. The SMILES string of the molecule is Cc1ccc2c(-c3c(C)cc(C(C)(C)C)cc3C)[n-]c(/C=C3\N=c4c(oc5ccccc45)=C3C(C)(C)C)c2c1.Cc1ccc2c(/C=C3\N=c4c(oc5ccccc45)=C3C(C)(C)C)[n-]c(-c3c(C)cc(C(C)(C)C)cc3C)c2c1.[Cu+2]. The summed E-state index contributed by atoms with van der Waals surface area (Å²) in [5, 5.41) is 8.65. The summed E-state index contributed by atoms with van der Waals surface area (Å²) in [6.07, 6.45) is 4.34. The summed E-state index contributed by atoms with van der Waals surface area (Å²) in [5.74, 6) is 0. The second kappa shape index (κ2) is 19.6. The molecular formula is C72H74CuN4O2. The summed E-state index contributed by atoms with van der Waals surface area (Å²) < 4.78 is 12.8. The van der Waals surface area contributed by atoms with Crippen molar-refractivity contribution in [1.29, 1.82) is 0 Å². The van der Waals surface area contributed by atoms with E-state index < -0.39 is 0 Å². The molecule has 0 bridgehead atoms. The standard InChI is InChI=1S/2C36H37N2O.Cu/c1-20-14-15-24-26(16-20)27(37-32(24)30-21(2)17-23(18-22(30)3)35(4,5)6)19-28-31(36(7,8)9)34-33(38-28)25-12-10-11-13-29(25)39-34;1-20-14-15-24-26(16-20)32(30-21(2)17-23(18-22(30)3)35(4,5)6)37-27(24)19-28-31(36(7,8)9)34-33(38-28)25-12-10-11-13-29(25)39-34;/h2*10-19H,1-9H3;/q2*-1;+2/b2*28-19-;. The second-order valence-corrected chi connectivity index (χ2v) is 26.3. The Morgan fingerprint density at radius 3 is 1.16 bits per heavy atom. The summed E-state index contributed by atoms with van der Waals surface area (Å²) in [5.41, 5.74) is 24.2. The maximum Gasteiger partial charge on any atom is 2.00 e. The van der Waals surface area contributed by atoms with Gasteiger partial charge < -0.3 is 18.8 Å². The van der Waals surface area contributed by atoms with E-state index in [1.54, 1.807) is 0 Å². The number of benzene rings is 6. The fraction of sp³-hybridized carbons (Fsp3) is 0.306. The van der Waals surface area contributed by atoms with Gasteiger partial charge in [-0.05, 0) is 154 Å². The van der Waals surface area contributed by atoms with Gasteiger partial charge >= 0.3 is 17.1 Å². The molecule has 0 aliphatic carbocycles. The van der Waals surface area contributed by atoms with E-state index in [-0.39, 0.29) is 38.7 Å². The number of aryl methyl sites for hydroxylation is 6. The molecule has 0 amide bonds. The molecule has 405 valence electrons. The van der Waals surface area contributed by atoms with Gasteiger partial charge in [0.2, 0.25) is 0 Å². The predicted molar refractivity (Wildman–Crippen MR) is 327 cm³/mol. The summed E-state index contributed by atoms with van der Waals surface area (Å²) in [7, 11) is 0. The predicted octanol–water partition coefficient (Wildman–Crippen LogP) is 16.6. The monoisotopic (exact) mass is 1090 g/mol. The van der Waals surface area contributed by atoms with Crippen LogP contribution in [-0.4, -0.2) is 0 Å². The van der Waals surface area contributed by atoms with Crippen molar-refractivity contribution in [2.24, 2.45) is 20.8 Å². The van der Waals surface area contributed by atoms with Crippen molar-refractivity contribution < 1.29 is 25.9 Å². The molecule has 0 atom stereocenters. The molecule has 4 aromatic heterocycles. The topological polar surface area (TPSA) is 79.2 Å². The molecular weight excluding hydrogens is 1020 g/mol. The van der Waals surface area contributed by atoms with E-state index in [1.807, 2.05) is 36.4 Å². The van der Waals surface area contributed by atoms with E-state index in [2.05, 4.69) is 210 Å². The molecule has 2 aliphatic rings. The second-order valence-electron chi connectivity index (χ2n) is 26.3. The Morgan fingerprint density at radius 2 is 0.759 bits per heavy atom. The van der Waals surface area contributed by atoms with Gasteiger partial charge in [0, 0.05) is 21.9 Å². The smallest absolute Gasteiger partial charge is 0.656 e. The van der Waals surface area contributed by atoms with E-state index >= 15 is 0 Å². The third kappa shape index (κ3) is 9.82. The van der Waals surface area contributed by atoms with Gasteiger partial charge in [-0.25, -0.2) is 9.98 Å². The van der Waals surface area contributed by atoms with E-state index in [1.165, 1.54) is 66.4 Å². The van der Waals surface area contributed by atoms with Crippen LogP contribution in [0.2, 0.25) is 0 Å². The first-order valence-corrected chi connectivity index (χ1v) is 27.7. The van der Waals surface area contributed by atoms with Crippen molar-refractivity contribution >= 4 is 66.8 Å². The summed E-state index contributed by atoms with van der Waals surface area (Å²) in [6.45, 7) is 40.1. The molecule has 6 heterocycles. The van der Waals surface area contributed by atoms with Gasteiger partial charge in [-0.15, -0.1) is 22.8 Å². The number of nitrogens with zero attached hydrogens (tertiary/aromatic N) is 4. The van der Waals surface area contributed by atoms with Crippen LogP contribution in [0.25, 0.3) is 89.3 Å². The first kappa shape index (κ1) is 55.1. The average Bonchev–Trinajstić information content (AvgIpc) is 4.37. The first-order valence-electron chi connectivity index (χ1n) is 27.7. The largest absolute Gasteiger partial charge is 2.00 e. The molecule has 1 radical (unpaired) electrons. The quantitative estimate of drug-likeness (QED) is 0.165. The normalized spacial score (nSPS) is 14.8. The van der Waals surface area contributed by atoms with E-state index in [0.717, 1.165) is 99.6 Å². The molecule has 6 nitrogen and oxygen atoms in total. The van der Waals surface area contributed by atoms with Crippen LogP contribution in [0.4, 0.5) is 0 Å². The molecule has 79 heavy (non-hydrogen) atoms. The number of hydrogen-bond donors (Lipinski definition) is 0. The minimum absolute atomic E-state index is 0. The van der Waals surface area contributed by atoms with Crippen LogP contribution in [0.5, 0.6) is 0 Å². The zero-order valence-corrected chi connectivity index (χ0v) is 50.4. The zero-order chi connectivity index (χ0) is 55.7. The zero-order valence-electron chi connectivity index (χ0n) is 49.5. The van der Waals surface area contributed by atoms with Gasteiger partial charge in [-0.1, -0.05) is 191 Å². The fourth-order valence-corrected chi connectivity index (χ4v) is 11.9. The molecule has 0 fully saturated rings. The minimum atomic E-state index is -0.147. The van der Waals surface area contributed by atoms with E-state index in [9.17, 15) is 0 Å². The van der Waals surface area contributed by atoms with Crippen LogP contribution in [0.15, 0.2) is 139 Å². The van der Waals surface area contributed by atoms with Gasteiger partial charge in [0.25, 0.3) is 0 Å². The molecule has 7 heteroatoms. The van der Waals surface area contributed by atoms with Crippen molar-refractivity contribution in [3.63, 3.8) is 0 Å². The minimum Gasteiger partial charge on any atom is -0.656 e. The molecule has 0 N–H and O–H groups in total.